The van der Waals surface area contributed by atoms with Gasteiger partial charge in [-0.2, -0.15) is 11.8 Å². The Balaban J connectivity index is 1.38. The monoisotopic (exact) mass is 516 g/mol. The molecule has 9 heteroatoms. The molecule has 1 aromatic carbocycles. The Morgan fingerprint density at radius 2 is 2.08 bits per heavy atom. The number of hydrogen-bond donors (Lipinski definition) is 2. The third-order valence-corrected chi connectivity index (χ3v) is 8.43. The molecule has 2 aromatic rings. The van der Waals surface area contributed by atoms with Crippen LogP contribution >= 0.6 is 11.8 Å². The third-order valence-electron chi connectivity index (χ3n) is 7.78. The van der Waals surface area contributed by atoms with Gasteiger partial charge in [0.15, 0.2) is 6.61 Å². The van der Waals surface area contributed by atoms with Gasteiger partial charge in [0.25, 0.3) is 5.91 Å². The number of fused-ring (bicyclic) bond motifs is 2. The van der Waals surface area contributed by atoms with E-state index in [0.717, 1.165) is 42.4 Å². The van der Waals surface area contributed by atoms with E-state index in [9.17, 15) is 19.5 Å². The molecule has 2 fully saturated rings. The molecule has 1 aliphatic carbocycles. The van der Waals surface area contributed by atoms with E-state index in [0.29, 0.717) is 42.8 Å². The summed E-state index contributed by atoms with van der Waals surface area (Å²) in [5, 5.41) is 14.6. The maximum atomic E-state index is 13.4. The number of piperidine rings is 1. The van der Waals surface area contributed by atoms with Gasteiger partial charge in [0.1, 0.15) is 17.4 Å². The van der Waals surface area contributed by atoms with E-state index in [1.807, 2.05) is 18.1 Å². The summed E-state index contributed by atoms with van der Waals surface area (Å²) in [6.07, 6.45) is 6.94. The summed E-state index contributed by atoms with van der Waals surface area (Å²) in [6, 6.07) is 4.51. The minimum absolute atomic E-state index is 0.0941. The number of likely N-dealkylation sites (tertiary alicyclic amines) is 1. The summed E-state index contributed by atoms with van der Waals surface area (Å²) in [5.41, 5.74) is 0.775. The van der Waals surface area contributed by atoms with Crippen molar-refractivity contribution in [3.05, 3.63) is 39.7 Å². The Kier molecular flexibility index (Phi) is 8.30. The second-order valence-corrected chi connectivity index (χ2v) is 11.1. The lowest BCUT2D eigenvalue weighted by Gasteiger charge is -2.48. The number of nitrogens with zero attached hydrogens (tertiary/aromatic N) is 1. The van der Waals surface area contributed by atoms with E-state index in [1.54, 1.807) is 36.9 Å². The van der Waals surface area contributed by atoms with Crippen LogP contribution in [0.5, 0.6) is 5.75 Å². The molecule has 2 unspecified atom stereocenters. The topological polar surface area (TPSA) is 109 Å². The molecule has 2 amide bonds. The second kappa shape index (κ2) is 11.3. The zero-order valence-electron chi connectivity index (χ0n) is 21.3. The van der Waals surface area contributed by atoms with Gasteiger partial charge in [-0.05, 0) is 69.2 Å². The number of carbonyl (C=O) groups is 2. The smallest absolute Gasteiger partial charge is 0.339 e. The number of amides is 2. The minimum Gasteiger partial charge on any atom is -0.484 e. The van der Waals surface area contributed by atoms with E-state index in [-0.39, 0.29) is 24.3 Å². The van der Waals surface area contributed by atoms with Crippen LogP contribution in [-0.2, 0) is 9.59 Å². The Morgan fingerprint density at radius 3 is 2.86 bits per heavy atom. The lowest BCUT2D eigenvalue weighted by Crippen LogP contribution is -2.58. The van der Waals surface area contributed by atoms with Gasteiger partial charge >= 0.3 is 5.63 Å². The quantitative estimate of drug-likeness (QED) is 0.519. The van der Waals surface area contributed by atoms with E-state index in [4.69, 9.17) is 9.15 Å². The molecule has 4 rings (SSSR count). The number of ether oxygens (including phenoxy) is 1. The molecule has 0 spiro atoms. The number of aryl methyl sites for hydroxylation is 1. The van der Waals surface area contributed by atoms with Gasteiger partial charge in [-0.1, -0.05) is 12.8 Å². The first-order valence-corrected chi connectivity index (χ1v) is 14.1. The number of nitrogens with one attached hydrogen (secondary N) is 1. The van der Waals surface area contributed by atoms with Gasteiger partial charge in [-0.3, -0.25) is 9.59 Å². The molecule has 1 saturated carbocycles. The fraction of sp³-hybridized carbons (Fsp3) is 0.593. The van der Waals surface area contributed by atoms with Crippen molar-refractivity contribution in [2.75, 3.05) is 31.7 Å². The van der Waals surface area contributed by atoms with Crippen LogP contribution in [0.2, 0.25) is 0 Å². The van der Waals surface area contributed by atoms with Crippen LogP contribution in [-0.4, -0.2) is 65.2 Å². The fourth-order valence-electron chi connectivity index (χ4n) is 5.39. The first-order chi connectivity index (χ1) is 17.2. The van der Waals surface area contributed by atoms with Crippen molar-refractivity contribution in [1.82, 2.24) is 10.2 Å². The summed E-state index contributed by atoms with van der Waals surface area (Å²) >= 11 is 1.62. The minimum atomic E-state index is -0.656. The van der Waals surface area contributed by atoms with Gasteiger partial charge in [0.05, 0.1) is 5.60 Å². The summed E-state index contributed by atoms with van der Waals surface area (Å²) in [5.74, 6) is 0.764. The fourth-order valence-corrected chi connectivity index (χ4v) is 5.86. The van der Waals surface area contributed by atoms with E-state index < -0.39 is 17.3 Å². The molecule has 8 nitrogen and oxygen atoms in total. The van der Waals surface area contributed by atoms with Crippen LogP contribution in [0.25, 0.3) is 11.0 Å². The number of thioether (sulfide) groups is 1. The first-order valence-electron chi connectivity index (χ1n) is 12.7. The van der Waals surface area contributed by atoms with Gasteiger partial charge in [0, 0.05) is 36.0 Å². The highest BCUT2D eigenvalue weighted by molar-refractivity contribution is 7.98. The molecule has 0 radical (unpaired) electrons. The third kappa shape index (κ3) is 5.72. The highest BCUT2D eigenvalue weighted by Gasteiger charge is 2.44. The van der Waals surface area contributed by atoms with Crippen LogP contribution in [0.1, 0.15) is 49.7 Å². The van der Waals surface area contributed by atoms with Crippen LogP contribution in [0, 0.1) is 19.8 Å². The zero-order valence-corrected chi connectivity index (χ0v) is 22.1. The van der Waals surface area contributed by atoms with Gasteiger partial charge in [-0.15, -0.1) is 0 Å². The molecule has 3 atom stereocenters. The van der Waals surface area contributed by atoms with Crippen LogP contribution in [0.3, 0.4) is 0 Å². The molecule has 1 saturated heterocycles. The molecule has 2 heterocycles. The van der Waals surface area contributed by atoms with E-state index >= 15 is 0 Å². The normalized spacial score (nSPS) is 22.7. The number of benzene rings is 1. The summed E-state index contributed by atoms with van der Waals surface area (Å²) in [6.45, 7) is 4.38. The van der Waals surface area contributed by atoms with Gasteiger partial charge in [-0.25, -0.2) is 4.79 Å². The molecule has 1 aromatic heterocycles. The molecule has 2 aliphatic rings. The number of hydrogen-bond acceptors (Lipinski definition) is 7. The van der Waals surface area contributed by atoms with Crippen LogP contribution in [0.4, 0.5) is 0 Å². The average Bonchev–Trinajstić information content (AvgIpc) is 2.87. The largest absolute Gasteiger partial charge is 0.484 e. The Morgan fingerprint density at radius 1 is 1.28 bits per heavy atom. The molecule has 0 bridgehead atoms. The van der Waals surface area contributed by atoms with E-state index in [2.05, 4.69) is 5.32 Å². The summed E-state index contributed by atoms with van der Waals surface area (Å²) in [4.78, 5) is 39.9. The first kappa shape index (κ1) is 26.5. The van der Waals surface area contributed by atoms with Crippen molar-refractivity contribution in [2.45, 2.75) is 64.0 Å². The highest BCUT2D eigenvalue weighted by Crippen LogP contribution is 2.40. The van der Waals surface area contributed by atoms with Gasteiger partial charge < -0.3 is 24.5 Å². The van der Waals surface area contributed by atoms with Crippen molar-refractivity contribution in [2.24, 2.45) is 5.92 Å². The number of aliphatic hydroxyl groups is 1. The molecule has 2 N–H and O–H groups in total. The predicted molar refractivity (Wildman–Crippen MR) is 140 cm³/mol. The zero-order chi connectivity index (χ0) is 25.9. The van der Waals surface area contributed by atoms with Crippen molar-refractivity contribution < 1.29 is 23.8 Å². The Labute approximate surface area is 215 Å². The number of rotatable bonds is 8. The summed E-state index contributed by atoms with van der Waals surface area (Å²) in [7, 11) is 0. The lowest BCUT2D eigenvalue weighted by molar-refractivity contribution is -0.147. The van der Waals surface area contributed by atoms with Crippen molar-refractivity contribution in [3.8, 4) is 5.75 Å². The maximum absolute atomic E-state index is 13.4. The SMILES string of the molecule is CSCC[C@H](NC(=O)COc1ccc2c(C)c(C)c(=O)oc2c1)C(=O)N1CCC2(O)CCCCC2C1. The molecule has 196 valence electrons. The molecule has 36 heavy (non-hydrogen) atoms. The highest BCUT2D eigenvalue weighted by atomic mass is 32.2. The summed E-state index contributed by atoms with van der Waals surface area (Å²) < 4.78 is 11.0. The number of carbonyl (C=O) groups excluding carboxylic acids is 2. The van der Waals surface area contributed by atoms with E-state index in [1.165, 1.54) is 0 Å². The van der Waals surface area contributed by atoms with Gasteiger partial charge in [0.2, 0.25) is 5.91 Å². The molecule has 1 aliphatic heterocycles. The molecular weight excluding hydrogens is 480 g/mol. The van der Waals surface area contributed by atoms with Crippen molar-refractivity contribution in [1.29, 1.82) is 0 Å². The standard InChI is InChI=1S/C27H36N2O6S/c1-17-18(2)26(32)35-23-14-20(7-8-21(17)23)34-16-24(30)28-22(9-13-36-3)25(31)29-12-11-27(33)10-5-4-6-19(27)15-29/h7-8,14,19,22,33H,4-6,9-13,15-16H2,1-3H3,(H,28,30)/t19?,22-,27?/m0/s1. The Bertz CT molecular complexity index is 1180. The maximum Gasteiger partial charge on any atom is 0.339 e. The van der Waals surface area contributed by atoms with Crippen LogP contribution < -0.4 is 15.7 Å². The Hall–Kier alpha value is -2.52. The lowest BCUT2D eigenvalue weighted by atomic mass is 9.71. The van der Waals surface area contributed by atoms with Crippen molar-refractivity contribution in [3.63, 3.8) is 0 Å². The predicted octanol–water partition coefficient (Wildman–Crippen LogP) is 3.18. The van der Waals surface area contributed by atoms with Crippen LogP contribution in [0.15, 0.2) is 27.4 Å². The molecular formula is C27H36N2O6S. The average molecular weight is 517 g/mol. The second-order valence-electron chi connectivity index (χ2n) is 10.1. The van der Waals surface area contributed by atoms with Crippen molar-refractivity contribution >= 4 is 34.5 Å².